The summed E-state index contributed by atoms with van der Waals surface area (Å²) in [6, 6.07) is 0. The van der Waals surface area contributed by atoms with E-state index in [2.05, 4.69) is 40.7 Å². The lowest BCUT2D eigenvalue weighted by molar-refractivity contribution is 0.727. The summed E-state index contributed by atoms with van der Waals surface area (Å²) < 4.78 is 0. The van der Waals surface area contributed by atoms with Crippen molar-refractivity contribution in [3.63, 3.8) is 0 Å². The molecule has 0 aliphatic heterocycles. The Hall–Kier alpha value is -0.520. The van der Waals surface area contributed by atoms with E-state index in [-0.39, 0.29) is 0 Å². The van der Waals surface area contributed by atoms with Gasteiger partial charge in [0.05, 0.1) is 0 Å². The summed E-state index contributed by atoms with van der Waals surface area (Å²) >= 11 is 0. The lowest BCUT2D eigenvalue weighted by atomic mass is 10.0. The van der Waals surface area contributed by atoms with E-state index < -0.39 is 0 Å². The maximum Gasteiger partial charge on any atom is -0.0345 e. The molecule has 0 saturated carbocycles. The molecular formula is C13H24. The number of hydrogen-bond donors (Lipinski definition) is 0. The molecular weight excluding hydrogens is 156 g/mol. The largest absolute Gasteiger partial charge is 0.0813 e. The van der Waals surface area contributed by atoms with Crippen LogP contribution in [0.3, 0.4) is 0 Å². The Kier molecular flexibility index (Phi) is 6.66. The van der Waals surface area contributed by atoms with E-state index in [1.54, 1.807) is 0 Å². The Balaban J connectivity index is 3.96. The van der Waals surface area contributed by atoms with Gasteiger partial charge in [-0.1, -0.05) is 37.0 Å². The van der Waals surface area contributed by atoms with Gasteiger partial charge in [0, 0.05) is 0 Å². The number of hydrogen-bond acceptors (Lipinski definition) is 0. The highest BCUT2D eigenvalue weighted by molar-refractivity contribution is 5.30. The fourth-order valence-electron chi connectivity index (χ4n) is 1.26. The molecule has 13 heavy (non-hydrogen) atoms. The van der Waals surface area contributed by atoms with Crippen molar-refractivity contribution in [1.82, 2.24) is 0 Å². The van der Waals surface area contributed by atoms with Gasteiger partial charge in [-0.25, -0.2) is 0 Å². The van der Waals surface area contributed by atoms with Crippen LogP contribution in [0.25, 0.3) is 0 Å². The maximum absolute atomic E-state index is 2.37. The zero-order chi connectivity index (χ0) is 10.3. The number of rotatable bonds is 5. The van der Waals surface area contributed by atoms with Crippen LogP contribution in [-0.2, 0) is 0 Å². The molecule has 0 unspecified atom stereocenters. The Morgan fingerprint density at radius 2 is 1.62 bits per heavy atom. The van der Waals surface area contributed by atoms with Crippen LogP contribution >= 0.6 is 0 Å². The van der Waals surface area contributed by atoms with Crippen LogP contribution in [0.2, 0.25) is 0 Å². The van der Waals surface area contributed by atoms with Crippen molar-refractivity contribution in [2.75, 3.05) is 0 Å². The molecule has 0 aromatic rings. The van der Waals surface area contributed by atoms with Crippen LogP contribution in [0.1, 0.15) is 60.3 Å². The van der Waals surface area contributed by atoms with Gasteiger partial charge in [-0.15, -0.1) is 0 Å². The molecule has 0 bridgehead atoms. The highest BCUT2D eigenvalue weighted by atomic mass is 14.0. The fourth-order valence-corrected chi connectivity index (χ4v) is 1.26. The normalized spacial score (nSPS) is 11.6. The molecule has 0 aliphatic carbocycles. The van der Waals surface area contributed by atoms with E-state index >= 15 is 0 Å². The summed E-state index contributed by atoms with van der Waals surface area (Å²) in [4.78, 5) is 0. The smallest absolute Gasteiger partial charge is 0.0345 e. The predicted molar refractivity (Wildman–Crippen MR) is 61.9 cm³/mol. The Morgan fingerprint density at radius 3 is 2.08 bits per heavy atom. The third-order valence-corrected chi connectivity index (χ3v) is 2.60. The van der Waals surface area contributed by atoms with Crippen molar-refractivity contribution in [3.8, 4) is 0 Å². The molecule has 0 spiro atoms. The van der Waals surface area contributed by atoms with Crippen molar-refractivity contribution < 1.29 is 0 Å². The molecule has 0 N–H and O–H groups in total. The van der Waals surface area contributed by atoms with Gasteiger partial charge in [0.1, 0.15) is 0 Å². The Morgan fingerprint density at radius 1 is 1.00 bits per heavy atom. The average Bonchev–Trinajstić information content (AvgIpc) is 2.10. The van der Waals surface area contributed by atoms with Gasteiger partial charge in [0.25, 0.3) is 0 Å². The van der Waals surface area contributed by atoms with Gasteiger partial charge in [0.2, 0.25) is 0 Å². The lowest BCUT2D eigenvalue weighted by Gasteiger charge is -2.04. The van der Waals surface area contributed by atoms with E-state index in [0.29, 0.717) is 0 Å². The second-order valence-electron chi connectivity index (χ2n) is 4.01. The average molecular weight is 180 g/mol. The third kappa shape index (κ3) is 5.68. The summed E-state index contributed by atoms with van der Waals surface area (Å²) in [6.45, 7) is 11.0. The van der Waals surface area contributed by atoms with Crippen LogP contribution in [0, 0.1) is 0 Å². The molecule has 0 amide bonds. The van der Waals surface area contributed by atoms with Crippen LogP contribution in [0.4, 0.5) is 0 Å². The van der Waals surface area contributed by atoms with Crippen LogP contribution in [0.15, 0.2) is 22.8 Å². The first-order valence-corrected chi connectivity index (χ1v) is 5.40. The van der Waals surface area contributed by atoms with Crippen molar-refractivity contribution >= 4 is 0 Å². The molecule has 0 rings (SSSR count). The van der Waals surface area contributed by atoms with Crippen molar-refractivity contribution in [2.24, 2.45) is 0 Å². The monoisotopic (exact) mass is 180 g/mol. The molecule has 0 heterocycles. The molecule has 76 valence electrons. The Labute approximate surface area is 83.7 Å². The summed E-state index contributed by atoms with van der Waals surface area (Å²) in [5, 5.41) is 0. The predicted octanol–water partition coefficient (Wildman–Crippen LogP) is 4.87. The SMILES string of the molecule is CCCCCC=C(C)C(C)=C(C)C. The van der Waals surface area contributed by atoms with E-state index in [4.69, 9.17) is 0 Å². The second-order valence-corrected chi connectivity index (χ2v) is 4.01. The first kappa shape index (κ1) is 12.5. The summed E-state index contributed by atoms with van der Waals surface area (Å²) in [7, 11) is 0. The van der Waals surface area contributed by atoms with E-state index in [1.807, 2.05) is 0 Å². The minimum absolute atomic E-state index is 1.24. The van der Waals surface area contributed by atoms with Crippen molar-refractivity contribution in [3.05, 3.63) is 22.8 Å². The van der Waals surface area contributed by atoms with Gasteiger partial charge in [-0.05, 0) is 46.1 Å². The second kappa shape index (κ2) is 6.94. The molecule has 0 aromatic carbocycles. The number of unbranched alkanes of at least 4 members (excludes halogenated alkanes) is 3. The van der Waals surface area contributed by atoms with Crippen LogP contribution in [0.5, 0.6) is 0 Å². The van der Waals surface area contributed by atoms with Gasteiger partial charge < -0.3 is 0 Å². The topological polar surface area (TPSA) is 0 Å². The van der Waals surface area contributed by atoms with Crippen molar-refractivity contribution in [1.29, 1.82) is 0 Å². The molecule has 0 fully saturated rings. The molecule has 0 aliphatic rings. The minimum Gasteiger partial charge on any atom is -0.0813 e. The standard InChI is InChI=1S/C13H24/c1-6-7-8-9-10-12(4)13(5)11(2)3/h10H,6-9H2,1-5H3. The molecule has 0 aromatic heterocycles. The molecule has 0 heteroatoms. The molecule has 0 nitrogen and oxygen atoms in total. The Bertz CT molecular complexity index is 190. The van der Waals surface area contributed by atoms with Gasteiger partial charge in [0.15, 0.2) is 0 Å². The molecule has 0 atom stereocenters. The van der Waals surface area contributed by atoms with Gasteiger partial charge in [-0.2, -0.15) is 0 Å². The van der Waals surface area contributed by atoms with Crippen molar-refractivity contribution in [2.45, 2.75) is 60.3 Å². The van der Waals surface area contributed by atoms with E-state index in [1.165, 1.54) is 42.4 Å². The van der Waals surface area contributed by atoms with E-state index in [0.717, 1.165) is 0 Å². The molecule has 0 saturated heterocycles. The highest BCUT2D eigenvalue weighted by Crippen LogP contribution is 2.14. The maximum atomic E-state index is 2.37. The molecule has 0 radical (unpaired) electrons. The fraction of sp³-hybridized carbons (Fsp3) is 0.692. The first-order chi connectivity index (χ1) is 6.09. The first-order valence-electron chi connectivity index (χ1n) is 5.40. The summed E-state index contributed by atoms with van der Waals surface area (Å²) in [6.07, 6.45) is 7.62. The zero-order valence-electron chi connectivity index (χ0n) is 9.91. The lowest BCUT2D eigenvalue weighted by Crippen LogP contribution is -1.83. The summed E-state index contributed by atoms with van der Waals surface area (Å²) in [5.74, 6) is 0. The summed E-state index contributed by atoms with van der Waals surface area (Å²) in [5.41, 5.74) is 4.34. The van der Waals surface area contributed by atoms with Gasteiger partial charge in [-0.3, -0.25) is 0 Å². The van der Waals surface area contributed by atoms with Crippen LogP contribution in [-0.4, -0.2) is 0 Å². The zero-order valence-corrected chi connectivity index (χ0v) is 9.91. The quantitative estimate of drug-likeness (QED) is 0.418. The van der Waals surface area contributed by atoms with Crippen LogP contribution < -0.4 is 0 Å². The number of allylic oxidation sites excluding steroid dienone is 4. The highest BCUT2D eigenvalue weighted by Gasteiger charge is 1.94. The van der Waals surface area contributed by atoms with E-state index in [9.17, 15) is 0 Å². The minimum atomic E-state index is 1.24. The van der Waals surface area contributed by atoms with Gasteiger partial charge >= 0.3 is 0 Å². The third-order valence-electron chi connectivity index (χ3n) is 2.60.